The largest absolute Gasteiger partial charge is 0.508 e. The van der Waals surface area contributed by atoms with Crippen molar-refractivity contribution < 1.29 is 5.11 Å². The predicted molar refractivity (Wildman–Crippen MR) is 81.3 cm³/mol. The van der Waals surface area contributed by atoms with Crippen LogP contribution in [0.1, 0.15) is 11.3 Å². The van der Waals surface area contributed by atoms with Gasteiger partial charge in [0.1, 0.15) is 5.75 Å². The second-order valence-electron chi connectivity index (χ2n) is 4.75. The molecule has 2 aromatic heterocycles. The quantitative estimate of drug-likeness (QED) is 0.566. The summed E-state index contributed by atoms with van der Waals surface area (Å²) in [6.45, 7) is 0. The average Bonchev–Trinajstić information content (AvgIpc) is 3.11. The molecule has 0 aliphatic carbocycles. The van der Waals surface area contributed by atoms with E-state index in [9.17, 15) is 9.90 Å². The zero-order valence-corrected chi connectivity index (χ0v) is 11.3. The minimum atomic E-state index is -0.151. The Morgan fingerprint density at radius 1 is 1.10 bits per heavy atom. The van der Waals surface area contributed by atoms with Crippen molar-refractivity contribution in [3.05, 3.63) is 74.8 Å². The van der Waals surface area contributed by atoms with Crippen molar-refractivity contribution in [1.82, 2.24) is 15.2 Å². The smallest absolute Gasteiger partial charge is 0.271 e. The Hall–Kier alpha value is -2.95. The van der Waals surface area contributed by atoms with Gasteiger partial charge in [0.05, 0.1) is 10.6 Å². The van der Waals surface area contributed by atoms with E-state index in [4.69, 9.17) is 0 Å². The molecule has 21 heavy (non-hydrogen) atoms. The van der Waals surface area contributed by atoms with E-state index in [1.807, 2.05) is 36.5 Å². The zero-order valence-electron chi connectivity index (χ0n) is 11.3. The molecule has 4 N–H and O–H groups in total. The number of H-pyrrole nitrogens is 3. The Kier molecular flexibility index (Phi) is 3.47. The SMILES string of the molecule is O=c1[nH][nH]c(=CCc2ccc(O)cc2)c1=Cc1ccc[nH]1. The molecule has 0 aliphatic rings. The summed E-state index contributed by atoms with van der Waals surface area (Å²) >= 11 is 0. The molecule has 0 spiro atoms. The molecule has 0 radical (unpaired) electrons. The number of benzene rings is 1. The third kappa shape index (κ3) is 2.97. The Bertz CT molecular complexity index is 884. The van der Waals surface area contributed by atoms with Crippen molar-refractivity contribution in [1.29, 1.82) is 0 Å². The van der Waals surface area contributed by atoms with Gasteiger partial charge >= 0.3 is 0 Å². The number of phenols is 1. The summed E-state index contributed by atoms with van der Waals surface area (Å²) in [5, 5.41) is 16.1. The minimum absolute atomic E-state index is 0.151. The summed E-state index contributed by atoms with van der Waals surface area (Å²) < 4.78 is 0. The lowest BCUT2D eigenvalue weighted by Crippen LogP contribution is -2.33. The third-order valence-corrected chi connectivity index (χ3v) is 3.25. The topological polar surface area (TPSA) is 84.7 Å². The highest BCUT2D eigenvalue weighted by atomic mass is 16.3. The van der Waals surface area contributed by atoms with Crippen LogP contribution in [0.3, 0.4) is 0 Å². The number of phenolic OH excluding ortho intramolecular Hbond substituents is 1. The molecule has 3 aromatic rings. The summed E-state index contributed by atoms with van der Waals surface area (Å²) in [6.07, 6.45) is 6.23. The number of hydrogen-bond acceptors (Lipinski definition) is 2. The molecular weight excluding hydrogens is 266 g/mol. The van der Waals surface area contributed by atoms with Crippen LogP contribution in [-0.4, -0.2) is 20.3 Å². The van der Waals surface area contributed by atoms with Crippen molar-refractivity contribution in [2.24, 2.45) is 0 Å². The molecular formula is C16H15N3O2. The highest BCUT2D eigenvalue weighted by Gasteiger charge is 1.97. The lowest BCUT2D eigenvalue weighted by atomic mass is 10.1. The van der Waals surface area contributed by atoms with Gasteiger partial charge in [-0.15, -0.1) is 0 Å². The van der Waals surface area contributed by atoms with Crippen LogP contribution in [0.15, 0.2) is 47.4 Å². The lowest BCUT2D eigenvalue weighted by molar-refractivity contribution is 0.475. The molecule has 0 atom stereocenters. The molecule has 0 fully saturated rings. The van der Waals surface area contributed by atoms with Crippen LogP contribution in [0.4, 0.5) is 0 Å². The van der Waals surface area contributed by atoms with Crippen LogP contribution in [0, 0.1) is 0 Å². The van der Waals surface area contributed by atoms with Gasteiger partial charge in [-0.05, 0) is 42.3 Å². The van der Waals surface area contributed by atoms with E-state index < -0.39 is 0 Å². The maximum absolute atomic E-state index is 11.8. The molecule has 3 rings (SSSR count). The maximum atomic E-state index is 11.8. The fourth-order valence-corrected chi connectivity index (χ4v) is 2.13. The number of aromatic nitrogens is 3. The van der Waals surface area contributed by atoms with E-state index in [0.29, 0.717) is 11.6 Å². The van der Waals surface area contributed by atoms with Crippen molar-refractivity contribution in [3.8, 4) is 5.75 Å². The summed E-state index contributed by atoms with van der Waals surface area (Å²) in [5.41, 5.74) is 1.78. The van der Waals surface area contributed by atoms with E-state index in [-0.39, 0.29) is 11.3 Å². The molecule has 0 saturated carbocycles. The number of aromatic amines is 3. The first-order valence-electron chi connectivity index (χ1n) is 6.62. The number of hydrogen-bond donors (Lipinski definition) is 4. The van der Waals surface area contributed by atoms with Gasteiger partial charge in [0.15, 0.2) is 0 Å². The van der Waals surface area contributed by atoms with Crippen LogP contribution >= 0.6 is 0 Å². The molecule has 0 unspecified atom stereocenters. The Labute approximate surface area is 120 Å². The Balaban J connectivity index is 1.98. The Morgan fingerprint density at radius 3 is 2.62 bits per heavy atom. The van der Waals surface area contributed by atoms with Crippen LogP contribution in [0.5, 0.6) is 5.75 Å². The highest BCUT2D eigenvalue weighted by molar-refractivity contribution is 5.45. The molecule has 5 heteroatoms. The lowest BCUT2D eigenvalue weighted by Gasteiger charge is -1.95. The van der Waals surface area contributed by atoms with Gasteiger partial charge in [-0.2, -0.15) is 0 Å². The van der Waals surface area contributed by atoms with E-state index >= 15 is 0 Å². The number of aromatic hydroxyl groups is 1. The second kappa shape index (κ2) is 5.58. The van der Waals surface area contributed by atoms with Gasteiger partial charge in [-0.25, -0.2) is 0 Å². The summed E-state index contributed by atoms with van der Waals surface area (Å²) in [7, 11) is 0. The standard InChI is InChI=1S/C16H15N3O2/c20-13-6-3-11(4-7-13)5-8-15-14(16(21)19-18-15)10-12-2-1-9-17-12/h1-4,6-10,17-18,20H,5H2,(H,19,21). The predicted octanol–water partition coefficient (Wildman–Crippen LogP) is 0.589. The van der Waals surface area contributed by atoms with Gasteiger partial charge in [0.25, 0.3) is 5.56 Å². The summed E-state index contributed by atoms with van der Waals surface area (Å²) in [5.74, 6) is 0.245. The molecule has 2 heterocycles. The summed E-state index contributed by atoms with van der Waals surface area (Å²) in [6, 6.07) is 10.8. The third-order valence-electron chi connectivity index (χ3n) is 3.25. The molecule has 0 saturated heterocycles. The summed E-state index contributed by atoms with van der Waals surface area (Å²) in [4.78, 5) is 14.9. The first-order valence-corrected chi connectivity index (χ1v) is 6.62. The average molecular weight is 281 g/mol. The van der Waals surface area contributed by atoms with E-state index in [1.165, 1.54) is 0 Å². The van der Waals surface area contributed by atoms with Gasteiger partial charge < -0.3 is 10.1 Å². The number of rotatable bonds is 3. The van der Waals surface area contributed by atoms with Crippen LogP contribution in [-0.2, 0) is 6.42 Å². The normalized spacial score (nSPS) is 13.0. The van der Waals surface area contributed by atoms with Crippen molar-refractivity contribution >= 4 is 12.2 Å². The van der Waals surface area contributed by atoms with E-state index in [0.717, 1.165) is 16.6 Å². The molecule has 0 bridgehead atoms. The minimum Gasteiger partial charge on any atom is -0.508 e. The van der Waals surface area contributed by atoms with Gasteiger partial charge in [-0.1, -0.05) is 18.2 Å². The van der Waals surface area contributed by atoms with Crippen LogP contribution in [0.25, 0.3) is 12.2 Å². The first kappa shape index (κ1) is 13.1. The highest BCUT2D eigenvalue weighted by Crippen LogP contribution is 2.09. The number of nitrogens with one attached hydrogen (secondary N) is 3. The van der Waals surface area contributed by atoms with Crippen molar-refractivity contribution in [2.75, 3.05) is 0 Å². The second-order valence-corrected chi connectivity index (χ2v) is 4.75. The molecule has 1 aromatic carbocycles. The monoisotopic (exact) mass is 281 g/mol. The van der Waals surface area contributed by atoms with Crippen LogP contribution < -0.4 is 16.1 Å². The van der Waals surface area contributed by atoms with Gasteiger partial charge in [0.2, 0.25) is 0 Å². The molecule has 106 valence electrons. The molecule has 5 nitrogen and oxygen atoms in total. The molecule has 0 amide bonds. The fraction of sp³-hybridized carbons (Fsp3) is 0.0625. The van der Waals surface area contributed by atoms with Crippen molar-refractivity contribution in [3.63, 3.8) is 0 Å². The zero-order chi connectivity index (χ0) is 14.7. The first-order chi connectivity index (χ1) is 10.2. The van der Waals surface area contributed by atoms with Gasteiger partial charge in [0, 0.05) is 11.9 Å². The van der Waals surface area contributed by atoms with Crippen LogP contribution in [0.2, 0.25) is 0 Å². The van der Waals surface area contributed by atoms with E-state index in [2.05, 4.69) is 15.2 Å². The maximum Gasteiger partial charge on any atom is 0.271 e. The van der Waals surface area contributed by atoms with E-state index in [1.54, 1.807) is 18.2 Å². The van der Waals surface area contributed by atoms with Crippen molar-refractivity contribution in [2.45, 2.75) is 6.42 Å². The Morgan fingerprint density at radius 2 is 1.90 bits per heavy atom. The van der Waals surface area contributed by atoms with Gasteiger partial charge in [-0.3, -0.25) is 15.0 Å². The molecule has 0 aliphatic heterocycles. The fourth-order valence-electron chi connectivity index (χ4n) is 2.13.